The molecule has 0 saturated heterocycles. The summed E-state index contributed by atoms with van der Waals surface area (Å²) in [4.78, 5) is 22.4. The molecule has 0 radical (unpaired) electrons. The highest BCUT2D eigenvalue weighted by Gasteiger charge is 2.16. The normalized spacial score (nSPS) is 11.9. The molecular weight excluding hydrogens is 346 g/mol. The van der Waals surface area contributed by atoms with Gasteiger partial charge in [0.25, 0.3) is 0 Å². The van der Waals surface area contributed by atoms with E-state index in [2.05, 4.69) is 10.4 Å². The third-order valence-electron chi connectivity index (χ3n) is 4.38. The summed E-state index contributed by atoms with van der Waals surface area (Å²) >= 11 is 0. The molecular formula is C19H21N5O3. The van der Waals surface area contributed by atoms with Crippen molar-refractivity contribution in [3.05, 3.63) is 76.2 Å². The Labute approximate surface area is 156 Å². The number of benzene rings is 1. The van der Waals surface area contributed by atoms with Gasteiger partial charge in [-0.25, -0.2) is 0 Å². The molecule has 8 heteroatoms. The molecule has 0 aliphatic rings. The van der Waals surface area contributed by atoms with E-state index in [4.69, 9.17) is 0 Å². The fourth-order valence-corrected chi connectivity index (χ4v) is 2.85. The Bertz CT molecular complexity index is 929. The molecule has 1 atom stereocenters. The molecule has 0 saturated carbocycles. The lowest BCUT2D eigenvalue weighted by molar-refractivity contribution is -0.389. The monoisotopic (exact) mass is 367 g/mol. The molecule has 0 spiro atoms. The Morgan fingerprint density at radius 2 is 1.93 bits per heavy atom. The molecule has 2 aromatic heterocycles. The molecule has 0 aliphatic heterocycles. The fraction of sp³-hybridized carbons (Fsp3) is 0.263. The van der Waals surface area contributed by atoms with E-state index in [0.717, 1.165) is 11.3 Å². The number of carbonyl (C=O) groups excluding carboxylic acids is 1. The summed E-state index contributed by atoms with van der Waals surface area (Å²) in [5.74, 6) is -0.335. The third kappa shape index (κ3) is 4.41. The zero-order valence-electron chi connectivity index (χ0n) is 15.2. The molecule has 2 heterocycles. The molecule has 1 N–H and O–H groups in total. The second-order valence-corrected chi connectivity index (χ2v) is 6.35. The van der Waals surface area contributed by atoms with Crippen molar-refractivity contribution in [2.45, 2.75) is 32.9 Å². The molecule has 1 aromatic carbocycles. The molecule has 3 rings (SSSR count). The van der Waals surface area contributed by atoms with Crippen molar-refractivity contribution >= 4 is 11.7 Å². The van der Waals surface area contributed by atoms with Crippen LogP contribution in [0.25, 0.3) is 5.69 Å². The zero-order valence-corrected chi connectivity index (χ0v) is 15.2. The maximum Gasteiger partial charge on any atom is 0.390 e. The summed E-state index contributed by atoms with van der Waals surface area (Å²) in [7, 11) is 0. The lowest BCUT2D eigenvalue weighted by Crippen LogP contribution is -2.27. The van der Waals surface area contributed by atoms with Gasteiger partial charge in [0, 0.05) is 24.5 Å². The second-order valence-electron chi connectivity index (χ2n) is 6.35. The predicted octanol–water partition coefficient (Wildman–Crippen LogP) is 3.16. The summed E-state index contributed by atoms with van der Waals surface area (Å²) in [6.45, 7) is 3.95. The quantitative estimate of drug-likeness (QED) is 0.512. The zero-order chi connectivity index (χ0) is 19.4. The van der Waals surface area contributed by atoms with E-state index < -0.39 is 4.92 Å². The minimum Gasteiger partial charge on any atom is -0.358 e. The van der Waals surface area contributed by atoms with Crippen LogP contribution in [0.3, 0.4) is 0 Å². The first-order valence-corrected chi connectivity index (χ1v) is 8.65. The van der Waals surface area contributed by atoms with Gasteiger partial charge >= 0.3 is 5.82 Å². The average molecular weight is 367 g/mol. The van der Waals surface area contributed by atoms with E-state index in [-0.39, 0.29) is 24.2 Å². The van der Waals surface area contributed by atoms with Gasteiger partial charge in [-0.05, 0) is 48.6 Å². The largest absolute Gasteiger partial charge is 0.390 e. The Balaban J connectivity index is 1.55. The molecule has 0 aliphatic carbocycles. The van der Waals surface area contributed by atoms with Crippen LogP contribution >= 0.6 is 0 Å². The number of aromatic nitrogens is 3. The van der Waals surface area contributed by atoms with Crippen molar-refractivity contribution in [1.82, 2.24) is 19.7 Å². The van der Waals surface area contributed by atoms with E-state index in [0.29, 0.717) is 12.2 Å². The Morgan fingerprint density at radius 1 is 1.26 bits per heavy atom. The number of aryl methyl sites for hydroxylation is 2. The van der Waals surface area contributed by atoms with Crippen LogP contribution in [0.4, 0.5) is 5.82 Å². The summed E-state index contributed by atoms with van der Waals surface area (Å²) in [6, 6.07) is 13.2. The van der Waals surface area contributed by atoms with Gasteiger partial charge in [-0.3, -0.25) is 4.79 Å². The van der Waals surface area contributed by atoms with Crippen LogP contribution in [0, 0.1) is 17.0 Å². The summed E-state index contributed by atoms with van der Waals surface area (Å²) < 4.78 is 3.49. The first kappa shape index (κ1) is 18.4. The van der Waals surface area contributed by atoms with Gasteiger partial charge in [0.1, 0.15) is 0 Å². The van der Waals surface area contributed by atoms with E-state index in [1.807, 2.05) is 60.3 Å². The van der Waals surface area contributed by atoms with Crippen LogP contribution in [0.5, 0.6) is 0 Å². The van der Waals surface area contributed by atoms with Gasteiger partial charge in [0.15, 0.2) is 0 Å². The van der Waals surface area contributed by atoms with Crippen LogP contribution in [-0.4, -0.2) is 25.2 Å². The maximum absolute atomic E-state index is 12.2. The molecule has 0 fully saturated rings. The summed E-state index contributed by atoms with van der Waals surface area (Å²) in [6.07, 6.45) is 4.15. The van der Waals surface area contributed by atoms with Crippen LogP contribution in [0.15, 0.2) is 54.9 Å². The number of hydrogen-bond acceptors (Lipinski definition) is 4. The van der Waals surface area contributed by atoms with Gasteiger partial charge in [0.2, 0.25) is 5.91 Å². The van der Waals surface area contributed by atoms with Crippen LogP contribution in [0.2, 0.25) is 0 Å². The number of hydrogen-bond donors (Lipinski definition) is 1. The summed E-state index contributed by atoms with van der Waals surface area (Å²) in [5, 5.41) is 17.6. The Morgan fingerprint density at radius 3 is 2.52 bits per heavy atom. The Hall–Kier alpha value is -3.42. The van der Waals surface area contributed by atoms with Crippen molar-refractivity contribution in [1.29, 1.82) is 0 Å². The van der Waals surface area contributed by atoms with Gasteiger partial charge in [-0.2, -0.15) is 4.68 Å². The van der Waals surface area contributed by atoms with Gasteiger partial charge in [-0.15, -0.1) is 0 Å². The smallest absolute Gasteiger partial charge is 0.358 e. The fourth-order valence-electron chi connectivity index (χ4n) is 2.85. The topological polar surface area (TPSA) is 95.0 Å². The summed E-state index contributed by atoms with van der Waals surface area (Å²) in [5.41, 5.74) is 2.71. The Kier molecular flexibility index (Phi) is 5.35. The minimum absolute atomic E-state index is 0.130. The van der Waals surface area contributed by atoms with Crippen molar-refractivity contribution in [2.75, 3.05) is 0 Å². The van der Waals surface area contributed by atoms with Crippen molar-refractivity contribution in [3.8, 4) is 5.69 Å². The molecule has 3 aromatic rings. The number of nitrogens with zero attached hydrogens (tertiary/aromatic N) is 4. The van der Waals surface area contributed by atoms with E-state index in [9.17, 15) is 14.9 Å². The van der Waals surface area contributed by atoms with Crippen molar-refractivity contribution in [2.24, 2.45) is 0 Å². The molecule has 1 amide bonds. The molecule has 0 bridgehead atoms. The number of amides is 1. The third-order valence-corrected chi connectivity index (χ3v) is 4.38. The van der Waals surface area contributed by atoms with Crippen molar-refractivity contribution in [3.63, 3.8) is 0 Å². The van der Waals surface area contributed by atoms with E-state index in [1.165, 1.54) is 10.7 Å². The highest BCUT2D eigenvalue weighted by molar-refractivity contribution is 5.76. The lowest BCUT2D eigenvalue weighted by Gasteiger charge is -2.15. The number of rotatable bonds is 7. The first-order valence-electron chi connectivity index (χ1n) is 8.65. The van der Waals surface area contributed by atoms with Crippen LogP contribution < -0.4 is 5.32 Å². The number of nitro groups is 1. The van der Waals surface area contributed by atoms with Crippen molar-refractivity contribution < 1.29 is 9.72 Å². The molecule has 1 unspecified atom stereocenters. The van der Waals surface area contributed by atoms with E-state index >= 15 is 0 Å². The minimum atomic E-state index is -0.539. The molecule has 8 nitrogen and oxygen atoms in total. The maximum atomic E-state index is 12.2. The molecule has 27 heavy (non-hydrogen) atoms. The van der Waals surface area contributed by atoms with Gasteiger partial charge in [0.05, 0.1) is 29.4 Å². The standard InChI is InChI=1S/C19H21N5O3/c1-14-13-18(24(26)27)21-23(14)12-9-19(25)20-15(2)16-5-7-17(8-6-16)22-10-3-4-11-22/h3-8,10-11,13,15H,9,12H2,1-2H3,(H,20,25). The second kappa shape index (κ2) is 7.86. The number of nitrogens with one attached hydrogen (secondary N) is 1. The highest BCUT2D eigenvalue weighted by Crippen LogP contribution is 2.16. The van der Waals surface area contributed by atoms with Gasteiger partial charge in [-0.1, -0.05) is 12.1 Å². The lowest BCUT2D eigenvalue weighted by atomic mass is 10.1. The molecule has 140 valence electrons. The SMILES string of the molecule is Cc1cc([N+](=O)[O-])nn1CCC(=O)NC(C)c1ccc(-n2cccc2)cc1. The highest BCUT2D eigenvalue weighted by atomic mass is 16.6. The van der Waals surface area contributed by atoms with E-state index in [1.54, 1.807) is 6.92 Å². The number of carbonyl (C=O) groups is 1. The van der Waals surface area contributed by atoms with Crippen LogP contribution in [-0.2, 0) is 11.3 Å². The van der Waals surface area contributed by atoms with Crippen LogP contribution in [0.1, 0.15) is 30.6 Å². The van der Waals surface area contributed by atoms with Gasteiger partial charge < -0.3 is 20.0 Å². The predicted molar refractivity (Wildman–Crippen MR) is 101 cm³/mol. The first-order chi connectivity index (χ1) is 12.9. The average Bonchev–Trinajstić information content (AvgIpc) is 3.30.